The molecule has 10 heavy (non-hydrogen) atoms. The van der Waals surface area contributed by atoms with Gasteiger partial charge in [0, 0.05) is 12.5 Å². The number of hydrogen-bond donors (Lipinski definition) is 3. The van der Waals surface area contributed by atoms with E-state index in [1.54, 1.807) is 13.8 Å². The lowest BCUT2D eigenvalue weighted by Gasteiger charge is -2.27. The van der Waals surface area contributed by atoms with Crippen LogP contribution in [0.3, 0.4) is 0 Å². The summed E-state index contributed by atoms with van der Waals surface area (Å²) in [5, 5.41) is 18.0. The highest BCUT2D eigenvalue weighted by Gasteiger charge is 2.24. The molecule has 0 radical (unpaired) electrons. The molecule has 0 amide bonds. The minimum Gasteiger partial charge on any atom is -0.396 e. The summed E-state index contributed by atoms with van der Waals surface area (Å²) in [6.45, 7) is 3.93. The summed E-state index contributed by atoms with van der Waals surface area (Å²) in [5.41, 5.74) is 4.61. The molecule has 0 bridgehead atoms. The molecule has 0 aliphatic heterocycles. The van der Waals surface area contributed by atoms with Crippen LogP contribution in [0.5, 0.6) is 0 Å². The van der Waals surface area contributed by atoms with Gasteiger partial charge in [-0.05, 0) is 26.8 Å². The molecular formula is C7H17NO2. The maximum Gasteiger partial charge on any atom is 0.0632 e. The number of aliphatic hydroxyl groups excluding tert-OH is 1. The number of aliphatic hydroxyl groups is 2. The van der Waals surface area contributed by atoms with E-state index >= 15 is 0 Å². The monoisotopic (exact) mass is 147 g/mol. The van der Waals surface area contributed by atoms with Crippen molar-refractivity contribution in [1.82, 2.24) is 0 Å². The van der Waals surface area contributed by atoms with Crippen LogP contribution in [0.2, 0.25) is 0 Å². The van der Waals surface area contributed by atoms with E-state index in [-0.39, 0.29) is 12.5 Å². The van der Waals surface area contributed by atoms with Crippen LogP contribution in [0.15, 0.2) is 0 Å². The first-order valence-corrected chi connectivity index (χ1v) is 3.55. The largest absolute Gasteiger partial charge is 0.396 e. The van der Waals surface area contributed by atoms with Crippen LogP contribution in [0, 0.1) is 5.92 Å². The van der Waals surface area contributed by atoms with E-state index in [1.807, 2.05) is 0 Å². The van der Waals surface area contributed by atoms with Crippen LogP contribution in [-0.2, 0) is 0 Å². The molecule has 0 saturated carbocycles. The van der Waals surface area contributed by atoms with Crippen molar-refractivity contribution in [3.05, 3.63) is 0 Å². The molecule has 1 atom stereocenters. The molecule has 0 saturated heterocycles. The molecule has 0 fully saturated rings. The predicted molar refractivity (Wildman–Crippen MR) is 40.5 cm³/mol. The fourth-order valence-electron chi connectivity index (χ4n) is 0.915. The highest BCUT2D eigenvalue weighted by Crippen LogP contribution is 2.17. The molecule has 62 valence electrons. The van der Waals surface area contributed by atoms with Gasteiger partial charge in [0.05, 0.1) is 5.60 Å². The van der Waals surface area contributed by atoms with Crippen molar-refractivity contribution in [2.24, 2.45) is 11.7 Å². The molecule has 0 heterocycles. The molecule has 0 aromatic carbocycles. The number of nitrogens with two attached hydrogens (primary N) is 1. The van der Waals surface area contributed by atoms with Gasteiger partial charge in [-0.1, -0.05) is 0 Å². The quantitative estimate of drug-likeness (QED) is 0.512. The predicted octanol–water partition coefficient (Wildman–Crippen LogP) is -0.285. The third-order valence-electron chi connectivity index (χ3n) is 1.76. The van der Waals surface area contributed by atoms with E-state index in [0.717, 1.165) is 0 Å². The van der Waals surface area contributed by atoms with E-state index in [2.05, 4.69) is 0 Å². The summed E-state index contributed by atoms with van der Waals surface area (Å²) < 4.78 is 0. The van der Waals surface area contributed by atoms with Gasteiger partial charge >= 0.3 is 0 Å². The SMILES string of the molecule is CC(C)(O)C(CN)CCO. The fourth-order valence-corrected chi connectivity index (χ4v) is 0.915. The molecule has 3 nitrogen and oxygen atoms in total. The smallest absolute Gasteiger partial charge is 0.0632 e. The van der Waals surface area contributed by atoms with Gasteiger partial charge in [-0.2, -0.15) is 0 Å². The van der Waals surface area contributed by atoms with Crippen LogP contribution >= 0.6 is 0 Å². The Morgan fingerprint density at radius 1 is 1.50 bits per heavy atom. The van der Waals surface area contributed by atoms with E-state index in [1.165, 1.54) is 0 Å². The second-order valence-corrected chi connectivity index (χ2v) is 3.10. The van der Waals surface area contributed by atoms with E-state index in [9.17, 15) is 5.11 Å². The van der Waals surface area contributed by atoms with Crippen molar-refractivity contribution < 1.29 is 10.2 Å². The summed E-state index contributed by atoms with van der Waals surface area (Å²) in [6, 6.07) is 0. The summed E-state index contributed by atoms with van der Waals surface area (Å²) >= 11 is 0. The maximum absolute atomic E-state index is 9.42. The highest BCUT2D eigenvalue weighted by molar-refractivity contribution is 4.77. The van der Waals surface area contributed by atoms with Crippen LogP contribution in [-0.4, -0.2) is 29.0 Å². The highest BCUT2D eigenvalue weighted by atomic mass is 16.3. The van der Waals surface area contributed by atoms with Gasteiger partial charge in [-0.3, -0.25) is 0 Å². The molecule has 0 spiro atoms. The van der Waals surface area contributed by atoms with E-state index in [4.69, 9.17) is 10.8 Å². The first-order chi connectivity index (χ1) is 4.52. The Kier molecular flexibility index (Phi) is 3.86. The van der Waals surface area contributed by atoms with E-state index in [0.29, 0.717) is 13.0 Å². The van der Waals surface area contributed by atoms with Crippen molar-refractivity contribution in [2.45, 2.75) is 25.9 Å². The third kappa shape index (κ3) is 3.15. The summed E-state index contributed by atoms with van der Waals surface area (Å²) in [7, 11) is 0. The van der Waals surface area contributed by atoms with Gasteiger partial charge in [0.2, 0.25) is 0 Å². The van der Waals surface area contributed by atoms with Crippen molar-refractivity contribution >= 4 is 0 Å². The fraction of sp³-hybridized carbons (Fsp3) is 1.00. The zero-order valence-electron chi connectivity index (χ0n) is 6.67. The van der Waals surface area contributed by atoms with Gasteiger partial charge < -0.3 is 15.9 Å². The minimum atomic E-state index is -0.766. The van der Waals surface area contributed by atoms with Crippen LogP contribution in [0.25, 0.3) is 0 Å². The zero-order chi connectivity index (χ0) is 8.20. The summed E-state index contributed by atoms with van der Waals surface area (Å²) in [5.74, 6) is -0.00231. The van der Waals surface area contributed by atoms with Gasteiger partial charge in [0.1, 0.15) is 0 Å². The Morgan fingerprint density at radius 2 is 2.00 bits per heavy atom. The number of rotatable bonds is 4. The van der Waals surface area contributed by atoms with Crippen molar-refractivity contribution in [3.63, 3.8) is 0 Å². The Balaban J connectivity index is 3.81. The van der Waals surface area contributed by atoms with E-state index < -0.39 is 5.60 Å². The molecule has 0 aliphatic rings. The Labute approximate surface area is 61.9 Å². The van der Waals surface area contributed by atoms with Gasteiger partial charge in [0.15, 0.2) is 0 Å². The first kappa shape index (κ1) is 9.88. The molecule has 3 heteroatoms. The lowest BCUT2D eigenvalue weighted by molar-refractivity contribution is 0.0103. The first-order valence-electron chi connectivity index (χ1n) is 3.55. The molecule has 0 aromatic rings. The maximum atomic E-state index is 9.42. The standard InChI is InChI=1S/C7H17NO2/c1-7(2,10)6(5-8)3-4-9/h6,9-10H,3-5,8H2,1-2H3. The second kappa shape index (κ2) is 3.91. The van der Waals surface area contributed by atoms with Crippen molar-refractivity contribution in [1.29, 1.82) is 0 Å². The average Bonchev–Trinajstić information content (AvgIpc) is 1.80. The van der Waals surface area contributed by atoms with Crippen LogP contribution in [0.1, 0.15) is 20.3 Å². The van der Waals surface area contributed by atoms with Crippen molar-refractivity contribution in [3.8, 4) is 0 Å². The van der Waals surface area contributed by atoms with Crippen molar-refractivity contribution in [2.75, 3.05) is 13.2 Å². The lowest BCUT2D eigenvalue weighted by Crippen LogP contribution is -2.36. The summed E-state index contributed by atoms with van der Waals surface area (Å²) in [6.07, 6.45) is 0.569. The lowest BCUT2D eigenvalue weighted by atomic mass is 9.89. The van der Waals surface area contributed by atoms with Crippen LogP contribution in [0.4, 0.5) is 0 Å². The zero-order valence-corrected chi connectivity index (χ0v) is 6.67. The Hall–Kier alpha value is -0.120. The molecule has 0 aliphatic carbocycles. The molecular weight excluding hydrogens is 130 g/mol. The Bertz CT molecular complexity index is 88.1. The summed E-state index contributed by atoms with van der Waals surface area (Å²) in [4.78, 5) is 0. The molecule has 1 unspecified atom stereocenters. The average molecular weight is 147 g/mol. The second-order valence-electron chi connectivity index (χ2n) is 3.10. The van der Waals surface area contributed by atoms with Gasteiger partial charge in [-0.15, -0.1) is 0 Å². The topological polar surface area (TPSA) is 66.5 Å². The Morgan fingerprint density at radius 3 is 2.10 bits per heavy atom. The van der Waals surface area contributed by atoms with Gasteiger partial charge in [-0.25, -0.2) is 0 Å². The normalized spacial score (nSPS) is 15.3. The van der Waals surface area contributed by atoms with Gasteiger partial charge in [0.25, 0.3) is 0 Å². The minimum absolute atomic E-state index is 0.00231. The molecule has 4 N–H and O–H groups in total. The third-order valence-corrected chi connectivity index (χ3v) is 1.76. The molecule has 0 rings (SSSR count). The molecule has 0 aromatic heterocycles. The number of hydrogen-bond acceptors (Lipinski definition) is 3. The van der Waals surface area contributed by atoms with Crippen LogP contribution < -0.4 is 5.73 Å².